The molecule has 0 radical (unpaired) electrons. The molecule has 0 saturated carbocycles. The summed E-state index contributed by atoms with van der Waals surface area (Å²) in [5.74, 6) is 0.654. The van der Waals surface area contributed by atoms with Gasteiger partial charge in [-0.3, -0.25) is 0 Å². The first kappa shape index (κ1) is 11.4. The van der Waals surface area contributed by atoms with Crippen LogP contribution in [-0.4, -0.2) is 26.7 Å². The zero-order valence-electron chi connectivity index (χ0n) is 10.0. The van der Waals surface area contributed by atoms with Crippen LogP contribution in [0.4, 0.5) is 10.3 Å². The molecule has 0 bridgehead atoms. The lowest BCUT2D eigenvalue weighted by Crippen LogP contribution is -2.00. The van der Waals surface area contributed by atoms with Gasteiger partial charge in [0.25, 0.3) is 0 Å². The largest absolute Gasteiger partial charge is 0.496 e. The standard InChI is InChI=1S/C12H10FN5O/c1-19-9-3-2-7(13)6-8(9)11-15-5-4-10-16-12(14)17-18(10)11/h2-6H,1H3,(H2,14,17). The Kier molecular flexibility index (Phi) is 2.52. The zero-order valence-corrected chi connectivity index (χ0v) is 10.0. The lowest BCUT2D eigenvalue weighted by atomic mass is 10.2. The van der Waals surface area contributed by atoms with Crippen LogP contribution in [0.25, 0.3) is 17.0 Å². The fourth-order valence-corrected chi connectivity index (χ4v) is 1.87. The molecule has 0 aliphatic heterocycles. The summed E-state index contributed by atoms with van der Waals surface area (Å²) in [7, 11) is 1.51. The highest BCUT2D eigenvalue weighted by atomic mass is 19.1. The Morgan fingerprint density at radius 2 is 2.16 bits per heavy atom. The average Bonchev–Trinajstić information content (AvgIpc) is 2.78. The van der Waals surface area contributed by atoms with Gasteiger partial charge in [-0.15, -0.1) is 5.10 Å². The van der Waals surface area contributed by atoms with Crippen molar-refractivity contribution >= 4 is 11.6 Å². The molecule has 2 aromatic heterocycles. The van der Waals surface area contributed by atoms with Gasteiger partial charge in [0.2, 0.25) is 5.95 Å². The molecule has 19 heavy (non-hydrogen) atoms. The van der Waals surface area contributed by atoms with Gasteiger partial charge in [-0.25, -0.2) is 9.37 Å². The third-order valence-electron chi connectivity index (χ3n) is 2.67. The van der Waals surface area contributed by atoms with Gasteiger partial charge in [0.1, 0.15) is 11.6 Å². The number of anilines is 1. The Morgan fingerprint density at radius 1 is 1.32 bits per heavy atom. The molecule has 0 fully saturated rings. The van der Waals surface area contributed by atoms with E-state index in [0.29, 0.717) is 22.8 Å². The molecule has 0 aliphatic rings. The Balaban J connectivity index is 2.32. The number of nitrogen functional groups attached to an aromatic ring is 1. The molecule has 3 aromatic rings. The van der Waals surface area contributed by atoms with E-state index < -0.39 is 0 Å². The van der Waals surface area contributed by atoms with Crippen molar-refractivity contribution in [3.05, 3.63) is 36.3 Å². The Morgan fingerprint density at radius 3 is 2.95 bits per heavy atom. The number of aromatic nitrogens is 4. The lowest BCUT2D eigenvalue weighted by molar-refractivity contribution is 0.415. The zero-order chi connectivity index (χ0) is 13.4. The second-order valence-electron chi connectivity index (χ2n) is 3.85. The molecule has 7 heteroatoms. The third kappa shape index (κ3) is 1.85. The summed E-state index contributed by atoms with van der Waals surface area (Å²) in [6.45, 7) is 0. The normalized spacial score (nSPS) is 10.8. The second-order valence-corrected chi connectivity index (χ2v) is 3.85. The highest BCUT2D eigenvalue weighted by molar-refractivity contribution is 5.66. The van der Waals surface area contributed by atoms with Crippen LogP contribution in [0.5, 0.6) is 5.75 Å². The fraction of sp³-hybridized carbons (Fsp3) is 0.0833. The molecule has 96 valence electrons. The predicted octanol–water partition coefficient (Wildman–Crippen LogP) is 1.52. The number of hydrogen-bond acceptors (Lipinski definition) is 5. The minimum atomic E-state index is -0.386. The van der Waals surface area contributed by atoms with Crippen LogP contribution >= 0.6 is 0 Å². The molecule has 3 rings (SSSR count). The van der Waals surface area contributed by atoms with Crippen molar-refractivity contribution in [2.24, 2.45) is 0 Å². The molecule has 6 nitrogen and oxygen atoms in total. The summed E-state index contributed by atoms with van der Waals surface area (Å²) in [6.07, 6.45) is 1.56. The Bertz CT molecular complexity index is 755. The number of benzene rings is 1. The number of fused-ring (bicyclic) bond motifs is 1. The van der Waals surface area contributed by atoms with Crippen LogP contribution in [0.1, 0.15) is 0 Å². The van der Waals surface area contributed by atoms with Crippen molar-refractivity contribution in [3.63, 3.8) is 0 Å². The van der Waals surface area contributed by atoms with Crippen molar-refractivity contribution in [1.82, 2.24) is 19.6 Å². The van der Waals surface area contributed by atoms with Gasteiger partial charge in [0.15, 0.2) is 11.5 Å². The van der Waals surface area contributed by atoms with Gasteiger partial charge in [-0.1, -0.05) is 0 Å². The minimum absolute atomic E-state index is 0.129. The SMILES string of the molecule is COc1ccc(F)cc1-c1nccc2nc(N)nn12. The summed E-state index contributed by atoms with van der Waals surface area (Å²) < 4.78 is 20.1. The summed E-state index contributed by atoms with van der Waals surface area (Å²) in [5.41, 5.74) is 6.58. The van der Waals surface area contributed by atoms with Crippen LogP contribution in [0.2, 0.25) is 0 Å². The molecular formula is C12H10FN5O. The average molecular weight is 259 g/mol. The van der Waals surface area contributed by atoms with E-state index in [9.17, 15) is 4.39 Å². The van der Waals surface area contributed by atoms with E-state index in [4.69, 9.17) is 10.5 Å². The van der Waals surface area contributed by atoms with Crippen molar-refractivity contribution in [3.8, 4) is 17.1 Å². The first-order valence-corrected chi connectivity index (χ1v) is 5.50. The topological polar surface area (TPSA) is 78.3 Å². The van der Waals surface area contributed by atoms with Gasteiger partial charge in [0.05, 0.1) is 12.7 Å². The van der Waals surface area contributed by atoms with Gasteiger partial charge in [0, 0.05) is 12.3 Å². The van der Waals surface area contributed by atoms with Gasteiger partial charge >= 0.3 is 0 Å². The van der Waals surface area contributed by atoms with Crippen LogP contribution in [0, 0.1) is 5.82 Å². The first-order chi connectivity index (χ1) is 9.19. The van der Waals surface area contributed by atoms with Crippen LogP contribution in [0.15, 0.2) is 30.5 Å². The number of methoxy groups -OCH3 is 1. The van der Waals surface area contributed by atoms with E-state index in [1.807, 2.05) is 0 Å². The van der Waals surface area contributed by atoms with Gasteiger partial charge in [-0.05, 0) is 18.2 Å². The molecule has 0 saturated heterocycles. The molecule has 0 unspecified atom stereocenters. The monoisotopic (exact) mass is 259 g/mol. The number of rotatable bonds is 2. The van der Waals surface area contributed by atoms with Crippen LogP contribution in [-0.2, 0) is 0 Å². The van der Waals surface area contributed by atoms with E-state index >= 15 is 0 Å². The molecule has 0 aliphatic carbocycles. The minimum Gasteiger partial charge on any atom is -0.496 e. The molecule has 0 atom stereocenters. The number of ether oxygens (including phenoxy) is 1. The molecule has 1 aromatic carbocycles. The van der Waals surface area contributed by atoms with E-state index in [0.717, 1.165) is 0 Å². The molecular weight excluding hydrogens is 249 g/mol. The van der Waals surface area contributed by atoms with Crippen LogP contribution < -0.4 is 10.5 Å². The van der Waals surface area contributed by atoms with Crippen molar-refractivity contribution in [2.75, 3.05) is 12.8 Å². The van der Waals surface area contributed by atoms with Crippen molar-refractivity contribution < 1.29 is 9.13 Å². The maximum Gasteiger partial charge on any atom is 0.240 e. The fourth-order valence-electron chi connectivity index (χ4n) is 1.87. The van der Waals surface area contributed by atoms with Crippen molar-refractivity contribution in [2.45, 2.75) is 0 Å². The summed E-state index contributed by atoms with van der Waals surface area (Å²) in [4.78, 5) is 8.23. The van der Waals surface area contributed by atoms with E-state index in [1.54, 1.807) is 12.3 Å². The number of nitrogens with two attached hydrogens (primary N) is 1. The molecule has 2 heterocycles. The maximum atomic E-state index is 13.4. The summed E-state index contributed by atoms with van der Waals surface area (Å²) >= 11 is 0. The first-order valence-electron chi connectivity index (χ1n) is 5.50. The van der Waals surface area contributed by atoms with Gasteiger partial charge in [-0.2, -0.15) is 9.50 Å². The summed E-state index contributed by atoms with van der Waals surface area (Å²) in [5, 5.41) is 4.04. The smallest absolute Gasteiger partial charge is 0.240 e. The van der Waals surface area contributed by atoms with E-state index in [-0.39, 0.29) is 11.8 Å². The number of nitrogens with zero attached hydrogens (tertiary/aromatic N) is 4. The Hall–Kier alpha value is -2.70. The predicted molar refractivity (Wildman–Crippen MR) is 67.1 cm³/mol. The number of hydrogen-bond donors (Lipinski definition) is 1. The molecule has 2 N–H and O–H groups in total. The summed E-state index contributed by atoms with van der Waals surface area (Å²) in [6, 6.07) is 5.85. The quantitative estimate of drug-likeness (QED) is 0.755. The highest BCUT2D eigenvalue weighted by Crippen LogP contribution is 2.29. The maximum absolute atomic E-state index is 13.4. The van der Waals surface area contributed by atoms with Crippen LogP contribution in [0.3, 0.4) is 0 Å². The van der Waals surface area contributed by atoms with E-state index in [1.165, 1.54) is 29.8 Å². The number of halogens is 1. The van der Waals surface area contributed by atoms with E-state index in [2.05, 4.69) is 15.1 Å². The highest BCUT2D eigenvalue weighted by Gasteiger charge is 2.14. The Labute approximate surface area is 107 Å². The molecule has 0 amide bonds. The van der Waals surface area contributed by atoms with Crippen molar-refractivity contribution in [1.29, 1.82) is 0 Å². The third-order valence-corrected chi connectivity index (χ3v) is 2.67. The van der Waals surface area contributed by atoms with Gasteiger partial charge < -0.3 is 10.5 Å². The second kappa shape index (κ2) is 4.20. The lowest BCUT2D eigenvalue weighted by Gasteiger charge is -2.08. The molecule has 0 spiro atoms.